The summed E-state index contributed by atoms with van der Waals surface area (Å²) in [4.78, 5) is 0. The van der Waals surface area contributed by atoms with Gasteiger partial charge in [0.25, 0.3) is 0 Å². The lowest BCUT2D eigenvalue weighted by molar-refractivity contribution is 0.628. The molecule has 0 spiro atoms. The third-order valence-corrected chi connectivity index (χ3v) is 1.29. The molecule has 0 saturated carbocycles. The Bertz CT molecular complexity index is 330. The minimum absolute atomic E-state index is 0.354. The van der Waals surface area contributed by atoms with Crippen LogP contribution in [0, 0.1) is 17.1 Å². The SMILES string of the molecule is N#CC=Cc1cc(N)cc(F)c1. The Kier molecular flexibility index (Phi) is 2.44. The zero-order chi connectivity index (χ0) is 8.97. The maximum absolute atomic E-state index is 12.7. The number of hydrogen-bond acceptors (Lipinski definition) is 2. The van der Waals surface area contributed by atoms with Crippen molar-refractivity contribution in [1.29, 1.82) is 5.26 Å². The van der Waals surface area contributed by atoms with E-state index in [1.54, 1.807) is 6.07 Å². The molecule has 1 rings (SSSR count). The van der Waals surface area contributed by atoms with Gasteiger partial charge in [0.15, 0.2) is 0 Å². The van der Waals surface area contributed by atoms with Crippen LogP contribution < -0.4 is 5.73 Å². The van der Waals surface area contributed by atoms with Gasteiger partial charge in [-0.3, -0.25) is 0 Å². The van der Waals surface area contributed by atoms with Gasteiger partial charge in [0.1, 0.15) is 5.82 Å². The van der Waals surface area contributed by atoms with E-state index >= 15 is 0 Å². The Morgan fingerprint density at radius 2 is 2.17 bits per heavy atom. The smallest absolute Gasteiger partial charge is 0.125 e. The first-order valence-corrected chi connectivity index (χ1v) is 3.34. The average Bonchev–Trinajstić information content (AvgIpc) is 1.99. The van der Waals surface area contributed by atoms with Crippen molar-refractivity contribution in [2.24, 2.45) is 0 Å². The molecular weight excluding hydrogens is 155 g/mol. The fraction of sp³-hybridized carbons (Fsp3) is 0. The van der Waals surface area contributed by atoms with Gasteiger partial charge in [0, 0.05) is 11.8 Å². The molecule has 3 heteroatoms. The second-order valence-corrected chi connectivity index (χ2v) is 2.28. The van der Waals surface area contributed by atoms with E-state index in [1.807, 2.05) is 6.07 Å². The molecule has 0 fully saturated rings. The monoisotopic (exact) mass is 162 g/mol. The van der Waals surface area contributed by atoms with Crippen LogP contribution in [0.2, 0.25) is 0 Å². The minimum atomic E-state index is -0.396. The van der Waals surface area contributed by atoms with Gasteiger partial charge in [-0.2, -0.15) is 5.26 Å². The number of nitrogen functional groups attached to an aromatic ring is 1. The van der Waals surface area contributed by atoms with Crippen LogP contribution in [0.4, 0.5) is 10.1 Å². The second-order valence-electron chi connectivity index (χ2n) is 2.28. The summed E-state index contributed by atoms with van der Waals surface area (Å²) in [6, 6.07) is 5.94. The first kappa shape index (κ1) is 8.28. The zero-order valence-electron chi connectivity index (χ0n) is 6.29. The molecule has 0 atom stereocenters. The Morgan fingerprint density at radius 3 is 2.75 bits per heavy atom. The van der Waals surface area contributed by atoms with Gasteiger partial charge in [-0.25, -0.2) is 4.39 Å². The van der Waals surface area contributed by atoms with Crippen LogP contribution in [-0.2, 0) is 0 Å². The molecule has 0 unspecified atom stereocenters. The van der Waals surface area contributed by atoms with Crippen molar-refractivity contribution in [1.82, 2.24) is 0 Å². The van der Waals surface area contributed by atoms with E-state index in [-0.39, 0.29) is 0 Å². The van der Waals surface area contributed by atoms with Crippen molar-refractivity contribution in [3.63, 3.8) is 0 Å². The fourth-order valence-electron chi connectivity index (χ4n) is 0.866. The Balaban J connectivity index is 3.03. The minimum Gasteiger partial charge on any atom is -0.399 e. The van der Waals surface area contributed by atoms with E-state index in [2.05, 4.69) is 0 Å². The zero-order valence-corrected chi connectivity index (χ0v) is 6.29. The Morgan fingerprint density at radius 1 is 1.42 bits per heavy atom. The van der Waals surface area contributed by atoms with Crippen LogP contribution in [0.1, 0.15) is 5.56 Å². The number of halogens is 1. The van der Waals surface area contributed by atoms with Crippen molar-refractivity contribution in [3.05, 3.63) is 35.7 Å². The van der Waals surface area contributed by atoms with Crippen LogP contribution in [0.3, 0.4) is 0 Å². The summed E-state index contributed by atoms with van der Waals surface area (Å²) in [5, 5.41) is 8.20. The van der Waals surface area contributed by atoms with Crippen LogP contribution >= 0.6 is 0 Å². The third kappa shape index (κ3) is 2.10. The van der Waals surface area contributed by atoms with Crippen molar-refractivity contribution in [2.75, 3.05) is 5.73 Å². The number of nitrogens with zero attached hydrogens (tertiary/aromatic N) is 1. The highest BCUT2D eigenvalue weighted by Gasteiger charge is 1.94. The highest BCUT2D eigenvalue weighted by molar-refractivity contribution is 5.57. The van der Waals surface area contributed by atoms with Crippen molar-refractivity contribution in [3.8, 4) is 6.07 Å². The van der Waals surface area contributed by atoms with E-state index in [4.69, 9.17) is 11.0 Å². The van der Waals surface area contributed by atoms with Gasteiger partial charge < -0.3 is 5.73 Å². The number of rotatable bonds is 1. The standard InChI is InChI=1S/C9H7FN2/c10-8-4-7(2-1-3-11)5-9(12)6-8/h1-2,4-6H,12H2. The predicted octanol–water partition coefficient (Wildman–Crippen LogP) is 1.94. The van der Waals surface area contributed by atoms with Gasteiger partial charge in [0.2, 0.25) is 0 Å². The van der Waals surface area contributed by atoms with Crippen LogP contribution in [0.15, 0.2) is 24.3 Å². The lowest BCUT2D eigenvalue weighted by Crippen LogP contribution is -1.87. The van der Waals surface area contributed by atoms with Crippen LogP contribution in [0.5, 0.6) is 0 Å². The Hall–Kier alpha value is -1.82. The average molecular weight is 162 g/mol. The van der Waals surface area contributed by atoms with Gasteiger partial charge in [-0.1, -0.05) is 0 Å². The number of allylic oxidation sites excluding steroid dienone is 1. The normalized spacial score (nSPS) is 10.0. The lowest BCUT2D eigenvalue weighted by Gasteiger charge is -1.95. The van der Waals surface area contributed by atoms with Crippen LogP contribution in [-0.4, -0.2) is 0 Å². The highest BCUT2D eigenvalue weighted by Crippen LogP contribution is 2.11. The summed E-state index contributed by atoms with van der Waals surface area (Å²) in [5.74, 6) is -0.396. The molecule has 0 saturated heterocycles. The fourth-order valence-corrected chi connectivity index (χ4v) is 0.866. The Labute approximate surface area is 69.7 Å². The molecule has 2 N–H and O–H groups in total. The topological polar surface area (TPSA) is 49.8 Å². The van der Waals surface area contributed by atoms with Crippen molar-refractivity contribution >= 4 is 11.8 Å². The molecule has 0 aliphatic rings. The molecule has 1 aromatic carbocycles. The van der Waals surface area contributed by atoms with Gasteiger partial charge >= 0.3 is 0 Å². The molecule has 0 amide bonds. The van der Waals surface area contributed by atoms with Gasteiger partial charge in [-0.15, -0.1) is 0 Å². The quantitative estimate of drug-likeness (QED) is 0.506. The van der Waals surface area contributed by atoms with Gasteiger partial charge in [-0.05, 0) is 29.8 Å². The third-order valence-electron chi connectivity index (χ3n) is 1.29. The van der Waals surface area contributed by atoms with E-state index < -0.39 is 5.82 Å². The number of nitriles is 1. The molecule has 60 valence electrons. The summed E-state index contributed by atoms with van der Waals surface area (Å²) in [5.41, 5.74) is 6.32. The molecular formula is C9H7FN2. The molecule has 0 aromatic heterocycles. The molecule has 0 heterocycles. The predicted molar refractivity (Wildman–Crippen MR) is 45.5 cm³/mol. The van der Waals surface area contributed by atoms with Gasteiger partial charge in [0.05, 0.1) is 6.07 Å². The highest BCUT2D eigenvalue weighted by atomic mass is 19.1. The summed E-state index contributed by atoms with van der Waals surface area (Å²) < 4.78 is 12.7. The molecule has 1 aromatic rings. The molecule has 0 aliphatic heterocycles. The molecule has 0 aliphatic carbocycles. The molecule has 0 radical (unpaired) electrons. The largest absolute Gasteiger partial charge is 0.399 e. The second kappa shape index (κ2) is 3.54. The van der Waals surface area contributed by atoms with E-state index in [0.29, 0.717) is 11.3 Å². The maximum atomic E-state index is 12.7. The summed E-state index contributed by atoms with van der Waals surface area (Å²) in [6.45, 7) is 0. The molecule has 2 nitrogen and oxygen atoms in total. The van der Waals surface area contributed by atoms with E-state index in [9.17, 15) is 4.39 Å². The number of anilines is 1. The number of nitrogens with two attached hydrogens (primary N) is 1. The number of hydrogen-bond donors (Lipinski definition) is 1. The van der Waals surface area contributed by atoms with E-state index in [1.165, 1.54) is 24.3 Å². The summed E-state index contributed by atoms with van der Waals surface area (Å²) in [7, 11) is 0. The maximum Gasteiger partial charge on any atom is 0.125 e. The van der Waals surface area contributed by atoms with E-state index in [0.717, 1.165) is 0 Å². The summed E-state index contributed by atoms with van der Waals surface area (Å²) >= 11 is 0. The van der Waals surface area contributed by atoms with Crippen molar-refractivity contribution < 1.29 is 4.39 Å². The number of benzene rings is 1. The van der Waals surface area contributed by atoms with Crippen LogP contribution in [0.25, 0.3) is 6.08 Å². The first-order chi connectivity index (χ1) is 5.72. The summed E-state index contributed by atoms with van der Waals surface area (Å²) in [6.07, 6.45) is 2.77. The molecule has 0 bridgehead atoms. The lowest BCUT2D eigenvalue weighted by atomic mass is 10.2. The molecule has 12 heavy (non-hydrogen) atoms. The van der Waals surface area contributed by atoms with Crippen molar-refractivity contribution in [2.45, 2.75) is 0 Å². The first-order valence-electron chi connectivity index (χ1n) is 3.34.